The van der Waals surface area contributed by atoms with Crippen LogP contribution in [0.25, 0.3) is 22.6 Å². The lowest BCUT2D eigenvalue weighted by Gasteiger charge is -2.09. The Labute approximate surface area is 129 Å². The molecular weight excluding hydrogens is 278 g/mol. The highest BCUT2D eigenvalue weighted by molar-refractivity contribution is 5.67. The lowest BCUT2D eigenvalue weighted by molar-refractivity contribution is 0.328. The first-order valence-corrected chi connectivity index (χ1v) is 7.34. The molecule has 0 bridgehead atoms. The van der Waals surface area contributed by atoms with Crippen molar-refractivity contribution in [3.8, 4) is 28.5 Å². The smallest absolute Gasteiger partial charge is 0.226 e. The summed E-state index contributed by atoms with van der Waals surface area (Å²) in [5, 5.41) is 4.00. The van der Waals surface area contributed by atoms with Gasteiger partial charge in [-0.3, -0.25) is 0 Å². The van der Waals surface area contributed by atoms with Crippen LogP contribution in [0.3, 0.4) is 0 Å². The van der Waals surface area contributed by atoms with Crippen molar-refractivity contribution in [2.45, 2.75) is 20.3 Å². The van der Waals surface area contributed by atoms with E-state index in [1.54, 1.807) is 0 Å². The largest absolute Gasteiger partial charge is 0.477 e. The Morgan fingerprint density at radius 3 is 2.50 bits per heavy atom. The van der Waals surface area contributed by atoms with Crippen molar-refractivity contribution in [3.05, 3.63) is 48.4 Å². The summed E-state index contributed by atoms with van der Waals surface area (Å²) in [6, 6.07) is 13.8. The van der Waals surface area contributed by atoms with E-state index in [0.29, 0.717) is 30.6 Å². The van der Waals surface area contributed by atoms with E-state index in [1.807, 2.05) is 56.3 Å². The van der Waals surface area contributed by atoms with Gasteiger partial charge < -0.3 is 9.26 Å². The fourth-order valence-electron chi connectivity index (χ4n) is 2.13. The highest BCUT2D eigenvalue weighted by Crippen LogP contribution is 2.29. The summed E-state index contributed by atoms with van der Waals surface area (Å²) >= 11 is 0. The maximum atomic E-state index is 5.66. The third-order valence-electron chi connectivity index (χ3n) is 3.22. The first-order valence-electron chi connectivity index (χ1n) is 7.34. The number of hydrogen-bond acceptors (Lipinski definition) is 5. The normalized spacial score (nSPS) is 10.6. The fraction of sp³-hybridized carbons (Fsp3) is 0.235. The van der Waals surface area contributed by atoms with Gasteiger partial charge in [0.1, 0.15) is 0 Å². The van der Waals surface area contributed by atoms with Crippen LogP contribution in [0.5, 0.6) is 5.88 Å². The summed E-state index contributed by atoms with van der Waals surface area (Å²) in [5.74, 6) is 1.63. The molecule has 0 unspecified atom stereocenters. The van der Waals surface area contributed by atoms with E-state index in [0.717, 1.165) is 16.8 Å². The average Bonchev–Trinajstić information content (AvgIpc) is 3.05. The van der Waals surface area contributed by atoms with E-state index in [1.165, 1.54) is 0 Å². The van der Waals surface area contributed by atoms with Crippen LogP contribution in [0.15, 0.2) is 47.0 Å². The van der Waals surface area contributed by atoms with Crippen molar-refractivity contribution in [2.24, 2.45) is 0 Å². The minimum absolute atomic E-state index is 0.507. The summed E-state index contributed by atoms with van der Waals surface area (Å²) in [5.41, 5.74) is 2.63. The van der Waals surface area contributed by atoms with Crippen molar-refractivity contribution in [1.29, 1.82) is 0 Å². The van der Waals surface area contributed by atoms with Crippen LogP contribution >= 0.6 is 0 Å². The number of pyridine rings is 1. The molecule has 1 aromatic carbocycles. The maximum absolute atomic E-state index is 5.66. The Kier molecular flexibility index (Phi) is 4.14. The first-order chi connectivity index (χ1) is 10.8. The number of benzene rings is 1. The molecule has 0 amide bonds. The number of ether oxygens (including phenoxy) is 1. The molecule has 0 fully saturated rings. The Morgan fingerprint density at radius 1 is 1.00 bits per heavy atom. The van der Waals surface area contributed by atoms with E-state index < -0.39 is 0 Å². The van der Waals surface area contributed by atoms with Gasteiger partial charge in [0.2, 0.25) is 17.6 Å². The summed E-state index contributed by atoms with van der Waals surface area (Å²) in [6.45, 7) is 4.42. The molecule has 2 heterocycles. The van der Waals surface area contributed by atoms with Gasteiger partial charge in [-0.2, -0.15) is 4.98 Å². The summed E-state index contributed by atoms with van der Waals surface area (Å²) in [6.07, 6.45) is 0.701. The zero-order valence-corrected chi connectivity index (χ0v) is 12.6. The highest BCUT2D eigenvalue weighted by atomic mass is 16.5. The third kappa shape index (κ3) is 2.83. The zero-order valence-electron chi connectivity index (χ0n) is 12.6. The predicted molar refractivity (Wildman–Crippen MR) is 83.5 cm³/mol. The van der Waals surface area contributed by atoms with Gasteiger partial charge in [0.15, 0.2) is 0 Å². The molecule has 0 radical (unpaired) electrons. The molecule has 3 rings (SSSR count). The molecule has 0 aliphatic heterocycles. The molecule has 0 spiro atoms. The van der Waals surface area contributed by atoms with Crippen LogP contribution in [0.2, 0.25) is 0 Å². The van der Waals surface area contributed by atoms with Gasteiger partial charge in [-0.25, -0.2) is 4.98 Å². The van der Waals surface area contributed by atoms with E-state index in [-0.39, 0.29) is 0 Å². The van der Waals surface area contributed by atoms with E-state index in [2.05, 4.69) is 15.1 Å². The topological polar surface area (TPSA) is 61.0 Å². The third-order valence-corrected chi connectivity index (χ3v) is 3.22. The molecule has 0 aliphatic carbocycles. The van der Waals surface area contributed by atoms with Crippen molar-refractivity contribution >= 4 is 0 Å². The molecule has 3 aromatic rings. The van der Waals surface area contributed by atoms with Crippen molar-refractivity contribution in [1.82, 2.24) is 15.1 Å². The molecule has 0 saturated heterocycles. The Bertz CT molecular complexity index is 754. The second kappa shape index (κ2) is 6.39. The van der Waals surface area contributed by atoms with Gasteiger partial charge in [0.25, 0.3) is 0 Å². The number of rotatable bonds is 5. The van der Waals surface area contributed by atoms with Gasteiger partial charge >= 0.3 is 0 Å². The number of nitrogens with zero attached hydrogens (tertiary/aromatic N) is 3. The summed E-state index contributed by atoms with van der Waals surface area (Å²) in [7, 11) is 0. The van der Waals surface area contributed by atoms with Crippen LogP contribution in [0, 0.1) is 0 Å². The minimum Gasteiger partial charge on any atom is -0.477 e. The lowest BCUT2D eigenvalue weighted by atomic mass is 10.1. The molecule has 0 atom stereocenters. The van der Waals surface area contributed by atoms with Gasteiger partial charge in [-0.05, 0) is 19.1 Å². The quantitative estimate of drug-likeness (QED) is 0.717. The van der Waals surface area contributed by atoms with Crippen LogP contribution in [-0.2, 0) is 6.42 Å². The molecule has 22 heavy (non-hydrogen) atoms. The van der Waals surface area contributed by atoms with Gasteiger partial charge in [-0.1, -0.05) is 42.4 Å². The molecule has 2 aromatic heterocycles. The molecule has 5 heteroatoms. The second-order valence-electron chi connectivity index (χ2n) is 4.71. The van der Waals surface area contributed by atoms with Crippen LogP contribution in [0.4, 0.5) is 0 Å². The molecule has 0 saturated carbocycles. The van der Waals surface area contributed by atoms with Crippen LogP contribution in [0.1, 0.15) is 19.7 Å². The van der Waals surface area contributed by atoms with Crippen molar-refractivity contribution < 1.29 is 9.26 Å². The summed E-state index contributed by atoms with van der Waals surface area (Å²) in [4.78, 5) is 8.95. The lowest BCUT2D eigenvalue weighted by Crippen LogP contribution is -1.99. The average molecular weight is 295 g/mol. The Morgan fingerprint density at radius 2 is 1.82 bits per heavy atom. The fourth-order valence-corrected chi connectivity index (χ4v) is 2.13. The second-order valence-corrected chi connectivity index (χ2v) is 4.71. The van der Waals surface area contributed by atoms with E-state index in [9.17, 15) is 0 Å². The molecule has 0 aliphatic rings. The monoisotopic (exact) mass is 295 g/mol. The number of aromatic nitrogens is 3. The number of aryl methyl sites for hydroxylation is 1. The Hall–Kier alpha value is -2.69. The van der Waals surface area contributed by atoms with E-state index in [4.69, 9.17) is 9.26 Å². The molecular formula is C17H17N3O2. The van der Waals surface area contributed by atoms with Gasteiger partial charge in [0.05, 0.1) is 17.9 Å². The van der Waals surface area contributed by atoms with Crippen molar-refractivity contribution in [2.75, 3.05) is 6.61 Å². The number of hydrogen-bond donors (Lipinski definition) is 0. The Balaban J connectivity index is 2.04. The maximum Gasteiger partial charge on any atom is 0.226 e. The standard InChI is InChI=1S/C17H17N3O2/c1-3-15-19-16(20-22-15)13-10-11-14(18-17(13)21-4-2)12-8-6-5-7-9-12/h5-11H,3-4H2,1-2H3. The first kappa shape index (κ1) is 14.3. The molecule has 5 nitrogen and oxygen atoms in total. The minimum atomic E-state index is 0.507. The zero-order chi connectivity index (χ0) is 15.4. The predicted octanol–water partition coefficient (Wildman–Crippen LogP) is 3.76. The molecule has 112 valence electrons. The van der Waals surface area contributed by atoms with Gasteiger partial charge in [-0.15, -0.1) is 0 Å². The highest BCUT2D eigenvalue weighted by Gasteiger charge is 2.15. The molecule has 0 N–H and O–H groups in total. The van der Waals surface area contributed by atoms with E-state index >= 15 is 0 Å². The van der Waals surface area contributed by atoms with Gasteiger partial charge in [0, 0.05) is 12.0 Å². The summed E-state index contributed by atoms with van der Waals surface area (Å²) < 4.78 is 10.8. The van der Waals surface area contributed by atoms with Crippen LogP contribution in [-0.4, -0.2) is 21.7 Å². The van der Waals surface area contributed by atoms with Crippen LogP contribution < -0.4 is 4.74 Å². The SMILES string of the molecule is CCOc1nc(-c2ccccc2)ccc1-c1noc(CC)n1. The van der Waals surface area contributed by atoms with Crippen molar-refractivity contribution in [3.63, 3.8) is 0 Å².